The van der Waals surface area contributed by atoms with Crippen molar-refractivity contribution in [3.05, 3.63) is 17.0 Å². The minimum atomic E-state index is -3.42. The lowest BCUT2D eigenvalue weighted by Crippen LogP contribution is -2.32. The Labute approximate surface area is 118 Å². The van der Waals surface area contributed by atoms with Crippen LogP contribution >= 0.6 is 11.3 Å². The number of sulfonamides is 1. The van der Waals surface area contributed by atoms with Gasteiger partial charge in [-0.1, -0.05) is 13.8 Å². The molecule has 0 bridgehead atoms. The third kappa shape index (κ3) is 3.16. The van der Waals surface area contributed by atoms with E-state index in [4.69, 9.17) is 5.26 Å². The summed E-state index contributed by atoms with van der Waals surface area (Å²) in [6, 6.07) is 5.09. The molecule has 1 fully saturated rings. The summed E-state index contributed by atoms with van der Waals surface area (Å²) >= 11 is 1.05. The van der Waals surface area contributed by atoms with Crippen LogP contribution in [0.1, 0.15) is 38.0 Å². The van der Waals surface area contributed by atoms with Crippen LogP contribution in [-0.4, -0.2) is 25.8 Å². The van der Waals surface area contributed by atoms with Crippen molar-refractivity contribution >= 4 is 21.4 Å². The molecular weight excluding hydrogens is 280 g/mol. The Morgan fingerprint density at radius 1 is 1.32 bits per heavy atom. The third-order valence-corrected chi connectivity index (χ3v) is 6.94. The number of nitrogens with zero attached hydrogens (tertiary/aromatic N) is 2. The molecular formula is C13H18N2O2S2. The molecule has 1 saturated heterocycles. The SMILES string of the molecule is CC1(C)CCCN(S(=O)(=O)c2ccc(C#N)s2)CC1. The molecule has 0 spiro atoms. The molecule has 4 nitrogen and oxygen atoms in total. The molecule has 6 heteroatoms. The fraction of sp³-hybridized carbons (Fsp3) is 0.615. The van der Waals surface area contributed by atoms with Crippen molar-refractivity contribution < 1.29 is 8.42 Å². The average Bonchev–Trinajstić information content (AvgIpc) is 2.75. The monoisotopic (exact) mass is 298 g/mol. The standard InChI is InChI=1S/C13H18N2O2S2/c1-13(2)6-3-8-15(9-7-13)19(16,17)12-5-4-11(10-14)18-12/h4-5H,3,6-9H2,1-2H3. The third-order valence-electron chi connectivity index (χ3n) is 3.58. The highest BCUT2D eigenvalue weighted by Crippen LogP contribution is 2.33. The van der Waals surface area contributed by atoms with Gasteiger partial charge in [-0.05, 0) is 36.8 Å². The van der Waals surface area contributed by atoms with Gasteiger partial charge in [-0.25, -0.2) is 8.42 Å². The van der Waals surface area contributed by atoms with Crippen LogP contribution in [0.5, 0.6) is 0 Å². The Balaban J connectivity index is 2.23. The molecule has 2 heterocycles. The van der Waals surface area contributed by atoms with Crippen molar-refractivity contribution in [3.63, 3.8) is 0 Å². The van der Waals surface area contributed by atoms with E-state index in [2.05, 4.69) is 13.8 Å². The number of nitriles is 1. The Kier molecular flexibility index (Phi) is 4.00. The quantitative estimate of drug-likeness (QED) is 0.843. The molecule has 19 heavy (non-hydrogen) atoms. The van der Waals surface area contributed by atoms with Gasteiger partial charge >= 0.3 is 0 Å². The Hall–Kier alpha value is -0.900. The zero-order valence-corrected chi connectivity index (χ0v) is 12.9. The normalized spacial score (nSPS) is 20.7. The van der Waals surface area contributed by atoms with Gasteiger partial charge in [0.2, 0.25) is 0 Å². The smallest absolute Gasteiger partial charge is 0.206 e. The molecule has 1 aromatic heterocycles. The van der Waals surface area contributed by atoms with E-state index in [0.29, 0.717) is 18.0 Å². The van der Waals surface area contributed by atoms with E-state index in [-0.39, 0.29) is 9.62 Å². The molecule has 2 rings (SSSR count). The molecule has 0 saturated carbocycles. The van der Waals surface area contributed by atoms with E-state index in [1.165, 1.54) is 6.07 Å². The lowest BCUT2D eigenvalue weighted by atomic mass is 9.85. The van der Waals surface area contributed by atoms with Crippen molar-refractivity contribution in [1.82, 2.24) is 4.31 Å². The first-order valence-electron chi connectivity index (χ1n) is 6.35. The molecule has 0 unspecified atom stereocenters. The van der Waals surface area contributed by atoms with Crippen LogP contribution in [0.15, 0.2) is 16.3 Å². The number of rotatable bonds is 2. The van der Waals surface area contributed by atoms with E-state index in [1.54, 1.807) is 10.4 Å². The van der Waals surface area contributed by atoms with Gasteiger partial charge in [-0.2, -0.15) is 9.57 Å². The molecule has 104 valence electrons. The van der Waals surface area contributed by atoms with Gasteiger partial charge in [0.1, 0.15) is 15.2 Å². The molecule has 1 aliphatic rings. The molecule has 0 amide bonds. The summed E-state index contributed by atoms with van der Waals surface area (Å²) in [5.41, 5.74) is 0.206. The Bertz CT molecular complexity index is 596. The minimum Gasteiger partial charge on any atom is -0.206 e. The first-order chi connectivity index (χ1) is 8.85. The summed E-state index contributed by atoms with van der Waals surface area (Å²) < 4.78 is 26.9. The van der Waals surface area contributed by atoms with Crippen molar-refractivity contribution in [3.8, 4) is 6.07 Å². The summed E-state index contributed by atoms with van der Waals surface area (Å²) in [5, 5.41) is 8.79. The van der Waals surface area contributed by atoms with E-state index >= 15 is 0 Å². The lowest BCUT2D eigenvalue weighted by molar-refractivity contribution is 0.315. The van der Waals surface area contributed by atoms with E-state index < -0.39 is 10.0 Å². The fourth-order valence-electron chi connectivity index (χ4n) is 2.28. The second-order valence-corrected chi connectivity index (χ2v) is 8.90. The maximum atomic E-state index is 12.5. The molecule has 0 atom stereocenters. The molecule has 0 aromatic carbocycles. The van der Waals surface area contributed by atoms with Gasteiger partial charge in [-0.15, -0.1) is 11.3 Å². The van der Waals surface area contributed by atoms with Crippen LogP contribution in [0.25, 0.3) is 0 Å². The zero-order valence-electron chi connectivity index (χ0n) is 11.2. The van der Waals surface area contributed by atoms with Gasteiger partial charge in [-0.3, -0.25) is 0 Å². The highest BCUT2D eigenvalue weighted by Gasteiger charge is 2.31. The molecule has 0 aliphatic carbocycles. The average molecular weight is 298 g/mol. The molecule has 0 radical (unpaired) electrons. The molecule has 1 aliphatic heterocycles. The van der Waals surface area contributed by atoms with Gasteiger partial charge in [0.15, 0.2) is 0 Å². The van der Waals surface area contributed by atoms with Gasteiger partial charge in [0, 0.05) is 13.1 Å². The van der Waals surface area contributed by atoms with Crippen LogP contribution in [0.2, 0.25) is 0 Å². The van der Waals surface area contributed by atoms with Crippen LogP contribution in [0, 0.1) is 16.7 Å². The van der Waals surface area contributed by atoms with Gasteiger partial charge in [0.25, 0.3) is 10.0 Å². The first-order valence-corrected chi connectivity index (χ1v) is 8.61. The maximum Gasteiger partial charge on any atom is 0.252 e. The summed E-state index contributed by atoms with van der Waals surface area (Å²) in [6.45, 7) is 5.50. The summed E-state index contributed by atoms with van der Waals surface area (Å²) in [7, 11) is -3.42. The summed E-state index contributed by atoms with van der Waals surface area (Å²) in [5.74, 6) is 0. The topological polar surface area (TPSA) is 61.2 Å². The number of hydrogen-bond acceptors (Lipinski definition) is 4. The number of hydrogen-bond donors (Lipinski definition) is 0. The van der Waals surface area contributed by atoms with E-state index in [9.17, 15) is 8.42 Å². The van der Waals surface area contributed by atoms with Crippen LogP contribution in [0.3, 0.4) is 0 Å². The Morgan fingerprint density at radius 2 is 2.05 bits per heavy atom. The highest BCUT2D eigenvalue weighted by molar-refractivity contribution is 7.91. The fourth-order valence-corrected chi connectivity index (χ4v) is 5.02. The van der Waals surface area contributed by atoms with Crippen molar-refractivity contribution in [2.24, 2.45) is 5.41 Å². The molecule has 0 N–H and O–H groups in total. The maximum absolute atomic E-state index is 12.5. The van der Waals surface area contributed by atoms with Crippen molar-refractivity contribution in [2.75, 3.05) is 13.1 Å². The number of thiophene rings is 1. The van der Waals surface area contributed by atoms with Crippen LogP contribution in [-0.2, 0) is 10.0 Å². The van der Waals surface area contributed by atoms with Crippen molar-refractivity contribution in [2.45, 2.75) is 37.3 Å². The largest absolute Gasteiger partial charge is 0.252 e. The lowest BCUT2D eigenvalue weighted by Gasteiger charge is -2.22. The second kappa shape index (κ2) is 5.23. The van der Waals surface area contributed by atoms with Gasteiger partial charge in [0.05, 0.1) is 0 Å². The first kappa shape index (κ1) is 14.5. The Morgan fingerprint density at radius 3 is 2.68 bits per heavy atom. The predicted octanol–water partition coefficient (Wildman–Crippen LogP) is 2.82. The second-order valence-electron chi connectivity index (χ2n) is 5.65. The van der Waals surface area contributed by atoms with Gasteiger partial charge < -0.3 is 0 Å². The zero-order chi connectivity index (χ0) is 14.1. The predicted molar refractivity (Wildman–Crippen MR) is 75.4 cm³/mol. The summed E-state index contributed by atoms with van der Waals surface area (Å²) in [4.78, 5) is 0.439. The van der Waals surface area contributed by atoms with Crippen LogP contribution in [0.4, 0.5) is 0 Å². The highest BCUT2D eigenvalue weighted by atomic mass is 32.2. The van der Waals surface area contributed by atoms with Crippen LogP contribution < -0.4 is 0 Å². The van der Waals surface area contributed by atoms with Crippen molar-refractivity contribution in [1.29, 1.82) is 5.26 Å². The van der Waals surface area contributed by atoms with E-state index in [0.717, 1.165) is 30.6 Å². The van der Waals surface area contributed by atoms with E-state index in [1.807, 2.05) is 6.07 Å². The molecule has 1 aromatic rings. The minimum absolute atomic E-state index is 0.206. The summed E-state index contributed by atoms with van der Waals surface area (Å²) in [6.07, 6.45) is 2.82.